The molecule has 1 fully saturated rings. The van der Waals surface area contributed by atoms with Gasteiger partial charge in [-0.15, -0.1) is 0 Å². The molecule has 2 aromatic carbocycles. The van der Waals surface area contributed by atoms with Crippen molar-refractivity contribution in [3.05, 3.63) is 70.8 Å². The molecule has 0 unspecified atom stereocenters. The molecule has 0 heterocycles. The maximum Gasteiger partial charge on any atom is 0.251 e. The summed E-state index contributed by atoms with van der Waals surface area (Å²) in [5.41, 5.74) is 3.50. The first-order valence-electron chi connectivity index (χ1n) is 8.41. The molecular formula is C20H22N2O2S. The minimum Gasteiger partial charge on any atom is -0.349 e. The van der Waals surface area contributed by atoms with Crippen LogP contribution in [0.3, 0.4) is 0 Å². The zero-order valence-corrected chi connectivity index (χ0v) is 15.1. The summed E-state index contributed by atoms with van der Waals surface area (Å²) in [6, 6.07) is 15.4. The molecular weight excluding hydrogens is 332 g/mol. The summed E-state index contributed by atoms with van der Waals surface area (Å²) in [5, 5.41) is 5.88. The monoisotopic (exact) mass is 354 g/mol. The molecule has 25 heavy (non-hydrogen) atoms. The second kappa shape index (κ2) is 8.21. The highest BCUT2D eigenvalue weighted by Gasteiger charge is 2.23. The van der Waals surface area contributed by atoms with E-state index in [-0.39, 0.29) is 11.8 Å². The summed E-state index contributed by atoms with van der Waals surface area (Å²) in [5.74, 6) is 0.831. The van der Waals surface area contributed by atoms with Crippen molar-refractivity contribution in [2.75, 3.05) is 6.26 Å². The number of carbonyl (C=O) groups excluding carboxylic acids is 2. The third-order valence-electron chi connectivity index (χ3n) is 4.11. The van der Waals surface area contributed by atoms with Crippen molar-refractivity contribution < 1.29 is 9.59 Å². The van der Waals surface area contributed by atoms with Gasteiger partial charge in [-0.1, -0.05) is 24.3 Å². The van der Waals surface area contributed by atoms with E-state index >= 15 is 0 Å². The van der Waals surface area contributed by atoms with Crippen molar-refractivity contribution in [1.82, 2.24) is 10.6 Å². The quantitative estimate of drug-likeness (QED) is 0.801. The van der Waals surface area contributed by atoms with Gasteiger partial charge >= 0.3 is 0 Å². The third-order valence-corrected chi connectivity index (χ3v) is 4.73. The molecule has 2 aromatic rings. The predicted octanol–water partition coefficient (Wildman–Crippen LogP) is 3.37. The van der Waals surface area contributed by atoms with E-state index in [1.165, 1.54) is 5.56 Å². The molecule has 1 aliphatic rings. The Morgan fingerprint density at radius 1 is 0.920 bits per heavy atom. The molecule has 0 aliphatic heterocycles. The van der Waals surface area contributed by atoms with Crippen molar-refractivity contribution in [3.8, 4) is 0 Å². The van der Waals surface area contributed by atoms with Crippen LogP contribution in [0.1, 0.15) is 44.7 Å². The number of benzene rings is 2. The normalized spacial score (nSPS) is 13.3. The Hall–Kier alpha value is -2.27. The van der Waals surface area contributed by atoms with E-state index in [0.29, 0.717) is 23.7 Å². The van der Waals surface area contributed by atoms with Crippen LogP contribution in [0.25, 0.3) is 0 Å². The van der Waals surface area contributed by atoms with E-state index in [1.807, 2.05) is 36.4 Å². The van der Waals surface area contributed by atoms with Crippen LogP contribution in [0, 0.1) is 0 Å². The summed E-state index contributed by atoms with van der Waals surface area (Å²) < 4.78 is 0. The number of hydrogen-bond donors (Lipinski definition) is 2. The van der Waals surface area contributed by atoms with Crippen LogP contribution in [-0.4, -0.2) is 24.1 Å². The fourth-order valence-corrected chi connectivity index (χ4v) is 3.00. The molecule has 0 aromatic heterocycles. The maximum absolute atomic E-state index is 12.2. The van der Waals surface area contributed by atoms with Gasteiger partial charge in [-0.2, -0.15) is 11.8 Å². The summed E-state index contributed by atoms with van der Waals surface area (Å²) in [6.07, 6.45) is 4.21. The summed E-state index contributed by atoms with van der Waals surface area (Å²) in [7, 11) is 0. The van der Waals surface area contributed by atoms with E-state index in [1.54, 1.807) is 23.9 Å². The van der Waals surface area contributed by atoms with Gasteiger partial charge in [0, 0.05) is 29.5 Å². The standard InChI is InChI=1S/C20H22N2O2S/c1-25-13-15-4-8-16(9-5-15)19(23)21-12-14-2-6-17(7-3-14)20(24)22-18-10-11-18/h2-9,18H,10-13H2,1H3,(H,21,23)(H,22,24). The highest BCUT2D eigenvalue weighted by molar-refractivity contribution is 7.97. The number of amides is 2. The minimum absolute atomic E-state index is 0.0246. The van der Waals surface area contributed by atoms with Crippen LogP contribution in [0.5, 0.6) is 0 Å². The van der Waals surface area contributed by atoms with Gasteiger partial charge in [-0.25, -0.2) is 0 Å². The zero-order valence-electron chi connectivity index (χ0n) is 14.2. The van der Waals surface area contributed by atoms with Gasteiger partial charge in [0.2, 0.25) is 0 Å². The summed E-state index contributed by atoms with van der Waals surface area (Å²) in [6.45, 7) is 0.440. The molecule has 0 radical (unpaired) electrons. The fraction of sp³-hybridized carbons (Fsp3) is 0.300. The molecule has 3 rings (SSSR count). The highest BCUT2D eigenvalue weighted by Crippen LogP contribution is 2.19. The molecule has 5 heteroatoms. The minimum atomic E-state index is -0.0914. The topological polar surface area (TPSA) is 58.2 Å². The average molecular weight is 354 g/mol. The van der Waals surface area contributed by atoms with Gasteiger partial charge in [0.1, 0.15) is 0 Å². The molecule has 130 valence electrons. The van der Waals surface area contributed by atoms with Crippen LogP contribution >= 0.6 is 11.8 Å². The molecule has 2 amide bonds. The lowest BCUT2D eigenvalue weighted by molar-refractivity contribution is 0.0941. The molecule has 1 aliphatic carbocycles. The van der Waals surface area contributed by atoms with Gasteiger partial charge in [0.05, 0.1) is 0 Å². The third kappa shape index (κ3) is 5.10. The Balaban J connectivity index is 1.51. The van der Waals surface area contributed by atoms with Gasteiger partial charge < -0.3 is 10.6 Å². The van der Waals surface area contributed by atoms with Gasteiger partial charge in [-0.3, -0.25) is 9.59 Å². The first kappa shape index (κ1) is 17.5. The van der Waals surface area contributed by atoms with E-state index in [4.69, 9.17) is 0 Å². The summed E-state index contributed by atoms with van der Waals surface area (Å²) >= 11 is 1.76. The van der Waals surface area contributed by atoms with Gasteiger partial charge in [-0.05, 0) is 54.5 Å². The Kier molecular flexibility index (Phi) is 5.76. The Morgan fingerprint density at radius 3 is 2.04 bits per heavy atom. The van der Waals surface area contributed by atoms with Crippen LogP contribution in [-0.2, 0) is 12.3 Å². The maximum atomic E-state index is 12.2. The van der Waals surface area contributed by atoms with E-state index in [0.717, 1.165) is 24.2 Å². The van der Waals surface area contributed by atoms with Crippen molar-refractivity contribution in [3.63, 3.8) is 0 Å². The van der Waals surface area contributed by atoms with Crippen molar-refractivity contribution in [1.29, 1.82) is 0 Å². The molecule has 4 nitrogen and oxygen atoms in total. The number of thioether (sulfide) groups is 1. The lowest BCUT2D eigenvalue weighted by atomic mass is 10.1. The van der Waals surface area contributed by atoms with Crippen LogP contribution < -0.4 is 10.6 Å². The summed E-state index contributed by atoms with van der Waals surface area (Å²) in [4.78, 5) is 24.2. The van der Waals surface area contributed by atoms with E-state index < -0.39 is 0 Å². The fourth-order valence-electron chi connectivity index (χ4n) is 2.47. The van der Waals surface area contributed by atoms with Crippen LogP contribution in [0.4, 0.5) is 0 Å². The molecule has 2 N–H and O–H groups in total. The van der Waals surface area contributed by atoms with Crippen LogP contribution in [0.2, 0.25) is 0 Å². The molecule has 0 bridgehead atoms. The lowest BCUT2D eigenvalue weighted by Crippen LogP contribution is -2.25. The largest absolute Gasteiger partial charge is 0.349 e. The van der Waals surface area contributed by atoms with E-state index in [2.05, 4.69) is 16.9 Å². The van der Waals surface area contributed by atoms with Gasteiger partial charge in [0.15, 0.2) is 0 Å². The predicted molar refractivity (Wildman–Crippen MR) is 102 cm³/mol. The number of hydrogen-bond acceptors (Lipinski definition) is 3. The van der Waals surface area contributed by atoms with E-state index in [9.17, 15) is 9.59 Å². The smallest absolute Gasteiger partial charge is 0.251 e. The Morgan fingerprint density at radius 2 is 1.48 bits per heavy atom. The first-order valence-corrected chi connectivity index (χ1v) is 9.81. The second-order valence-electron chi connectivity index (χ2n) is 6.26. The van der Waals surface area contributed by atoms with Crippen LogP contribution in [0.15, 0.2) is 48.5 Å². The number of nitrogens with one attached hydrogen (secondary N) is 2. The number of rotatable bonds is 7. The van der Waals surface area contributed by atoms with Crippen molar-refractivity contribution in [2.45, 2.75) is 31.2 Å². The molecule has 0 saturated heterocycles. The SMILES string of the molecule is CSCc1ccc(C(=O)NCc2ccc(C(=O)NC3CC3)cc2)cc1. The lowest BCUT2D eigenvalue weighted by Gasteiger charge is -2.08. The zero-order chi connectivity index (χ0) is 17.6. The average Bonchev–Trinajstić information content (AvgIpc) is 3.45. The first-order chi connectivity index (χ1) is 12.2. The molecule has 1 saturated carbocycles. The molecule has 0 spiro atoms. The molecule has 0 atom stereocenters. The Bertz CT molecular complexity index is 737. The second-order valence-corrected chi connectivity index (χ2v) is 7.12. The van der Waals surface area contributed by atoms with Gasteiger partial charge in [0.25, 0.3) is 11.8 Å². The van der Waals surface area contributed by atoms with Crippen molar-refractivity contribution >= 4 is 23.6 Å². The number of carbonyl (C=O) groups is 2. The van der Waals surface area contributed by atoms with Crippen molar-refractivity contribution in [2.24, 2.45) is 0 Å². The Labute approximate surface area is 152 Å². The highest BCUT2D eigenvalue weighted by atomic mass is 32.2.